The van der Waals surface area contributed by atoms with Crippen molar-refractivity contribution in [3.63, 3.8) is 0 Å². The van der Waals surface area contributed by atoms with Gasteiger partial charge in [-0.3, -0.25) is 4.79 Å². The van der Waals surface area contributed by atoms with Crippen LogP contribution in [0.2, 0.25) is 0 Å². The molecule has 3 rings (SSSR count). The van der Waals surface area contributed by atoms with Crippen LogP contribution in [0, 0.1) is 5.82 Å². The van der Waals surface area contributed by atoms with Gasteiger partial charge in [-0.1, -0.05) is 0 Å². The summed E-state index contributed by atoms with van der Waals surface area (Å²) in [5, 5.41) is 15.9. The highest BCUT2D eigenvalue weighted by molar-refractivity contribution is 7.93. The first kappa shape index (κ1) is 22.9. The summed E-state index contributed by atoms with van der Waals surface area (Å²) in [6.45, 7) is 3.60. The van der Waals surface area contributed by atoms with Crippen molar-refractivity contribution in [3.05, 3.63) is 45.8 Å². The molecule has 1 atom stereocenters. The first-order chi connectivity index (χ1) is 13.7. The first-order valence-electron chi connectivity index (χ1n) is 9.15. The zero-order valence-corrected chi connectivity index (χ0v) is 18.2. The summed E-state index contributed by atoms with van der Waals surface area (Å²) in [6.07, 6.45) is 2.02. The third kappa shape index (κ3) is 5.08. The SMILES string of the molecule is CC(C)(O)c1ncc(S(N)(=O)=NC(=O)Cc2c(C3CC3)cc(F)cc2C(C)(F)F)s1. The molecule has 2 aromatic rings. The Morgan fingerprint density at radius 1 is 1.37 bits per heavy atom. The van der Waals surface area contributed by atoms with Crippen LogP contribution < -0.4 is 5.14 Å². The molecule has 1 aliphatic rings. The van der Waals surface area contributed by atoms with Crippen molar-refractivity contribution < 1.29 is 27.3 Å². The Morgan fingerprint density at radius 2 is 2.00 bits per heavy atom. The lowest BCUT2D eigenvalue weighted by atomic mass is 9.92. The molecular weight excluding hydrogens is 439 g/mol. The van der Waals surface area contributed by atoms with Crippen LogP contribution in [-0.2, 0) is 32.7 Å². The van der Waals surface area contributed by atoms with Crippen molar-refractivity contribution in [3.8, 4) is 0 Å². The van der Waals surface area contributed by atoms with E-state index in [-0.39, 0.29) is 20.7 Å². The van der Waals surface area contributed by atoms with Crippen molar-refractivity contribution in [2.24, 2.45) is 9.50 Å². The molecule has 1 aromatic heterocycles. The molecule has 1 fully saturated rings. The normalized spacial score (nSPS) is 16.9. The van der Waals surface area contributed by atoms with E-state index < -0.39 is 45.1 Å². The Labute approximate surface area is 176 Å². The van der Waals surface area contributed by atoms with Gasteiger partial charge in [-0.05, 0) is 55.9 Å². The largest absolute Gasteiger partial charge is 0.383 e. The Balaban J connectivity index is 1.98. The van der Waals surface area contributed by atoms with Crippen molar-refractivity contribution in [1.82, 2.24) is 4.98 Å². The molecule has 1 aromatic carbocycles. The summed E-state index contributed by atoms with van der Waals surface area (Å²) < 4.78 is 58.4. The second kappa shape index (κ2) is 7.70. The van der Waals surface area contributed by atoms with Crippen molar-refractivity contribution >= 4 is 27.2 Å². The molecule has 30 heavy (non-hydrogen) atoms. The monoisotopic (exact) mass is 461 g/mol. The number of carbonyl (C=O) groups excluding carboxylic acids is 1. The van der Waals surface area contributed by atoms with Gasteiger partial charge in [0.25, 0.3) is 11.8 Å². The van der Waals surface area contributed by atoms with Gasteiger partial charge in [0.2, 0.25) is 0 Å². The number of carbonyl (C=O) groups is 1. The van der Waals surface area contributed by atoms with Gasteiger partial charge in [-0.15, -0.1) is 15.7 Å². The lowest BCUT2D eigenvalue weighted by Crippen LogP contribution is -2.18. The first-order valence-corrected chi connectivity index (χ1v) is 11.5. The quantitative estimate of drug-likeness (QED) is 0.679. The Hall–Kier alpha value is -1.82. The van der Waals surface area contributed by atoms with E-state index in [0.29, 0.717) is 31.4 Å². The van der Waals surface area contributed by atoms with Crippen LogP contribution in [0.25, 0.3) is 0 Å². The number of aromatic nitrogens is 1. The number of halogens is 3. The van der Waals surface area contributed by atoms with E-state index in [0.717, 1.165) is 23.6 Å². The molecule has 11 heteroatoms. The minimum absolute atomic E-state index is 0.00293. The third-order valence-electron chi connectivity index (χ3n) is 4.60. The van der Waals surface area contributed by atoms with Gasteiger partial charge in [-0.25, -0.2) is 27.5 Å². The van der Waals surface area contributed by atoms with Crippen LogP contribution in [-0.4, -0.2) is 20.2 Å². The summed E-state index contributed by atoms with van der Waals surface area (Å²) in [7, 11) is -3.68. The highest BCUT2D eigenvalue weighted by atomic mass is 32.2. The van der Waals surface area contributed by atoms with Crippen LogP contribution in [0.15, 0.2) is 26.9 Å². The van der Waals surface area contributed by atoms with Gasteiger partial charge in [-0.2, -0.15) is 0 Å². The van der Waals surface area contributed by atoms with Crippen LogP contribution >= 0.6 is 11.3 Å². The number of nitrogens with two attached hydrogens (primary N) is 1. The van der Waals surface area contributed by atoms with E-state index in [9.17, 15) is 27.3 Å². The molecule has 3 N–H and O–H groups in total. The van der Waals surface area contributed by atoms with Crippen molar-refractivity contribution in [2.45, 2.75) is 61.7 Å². The molecule has 0 radical (unpaired) electrons. The maximum absolute atomic E-state index is 14.1. The molecule has 6 nitrogen and oxygen atoms in total. The van der Waals surface area contributed by atoms with Crippen molar-refractivity contribution in [1.29, 1.82) is 0 Å². The zero-order valence-electron chi connectivity index (χ0n) is 16.6. The number of aliphatic hydroxyl groups is 1. The summed E-state index contributed by atoms with van der Waals surface area (Å²) in [4.78, 5) is 16.5. The predicted octanol–water partition coefficient (Wildman–Crippen LogP) is 3.97. The molecule has 1 unspecified atom stereocenters. The van der Waals surface area contributed by atoms with Crippen LogP contribution in [0.4, 0.5) is 13.2 Å². The number of benzene rings is 1. The number of hydrogen-bond acceptors (Lipinski definition) is 5. The molecule has 1 heterocycles. The van der Waals surface area contributed by atoms with E-state index in [2.05, 4.69) is 9.35 Å². The number of nitrogens with zero attached hydrogens (tertiary/aromatic N) is 2. The van der Waals surface area contributed by atoms with Gasteiger partial charge >= 0.3 is 0 Å². The maximum atomic E-state index is 14.1. The van der Waals surface area contributed by atoms with E-state index in [1.54, 1.807) is 0 Å². The van der Waals surface area contributed by atoms with E-state index in [4.69, 9.17) is 5.14 Å². The second-order valence-electron chi connectivity index (χ2n) is 7.96. The highest BCUT2D eigenvalue weighted by Crippen LogP contribution is 2.45. The average molecular weight is 462 g/mol. The number of rotatable bonds is 6. The van der Waals surface area contributed by atoms with Gasteiger partial charge < -0.3 is 5.11 Å². The summed E-state index contributed by atoms with van der Waals surface area (Å²) in [5.74, 6) is -5.22. The summed E-state index contributed by atoms with van der Waals surface area (Å²) in [5.41, 5.74) is -1.53. The van der Waals surface area contributed by atoms with E-state index >= 15 is 0 Å². The van der Waals surface area contributed by atoms with Crippen LogP contribution in [0.5, 0.6) is 0 Å². The topological polar surface area (TPSA) is 106 Å². The lowest BCUT2D eigenvalue weighted by molar-refractivity contribution is -0.117. The molecule has 0 bridgehead atoms. The zero-order chi connectivity index (χ0) is 22.5. The van der Waals surface area contributed by atoms with Gasteiger partial charge in [0.1, 0.15) is 20.6 Å². The molecule has 1 saturated carbocycles. The summed E-state index contributed by atoms with van der Waals surface area (Å²) in [6, 6.07) is 1.88. The van der Waals surface area contributed by atoms with Gasteiger partial charge in [0.15, 0.2) is 9.92 Å². The number of amides is 1. The molecule has 0 aliphatic heterocycles. The second-order valence-corrected chi connectivity index (χ2v) is 11.0. The molecule has 0 saturated heterocycles. The molecule has 1 amide bonds. The number of thiazole rings is 1. The lowest BCUT2D eigenvalue weighted by Gasteiger charge is -2.19. The minimum atomic E-state index is -3.68. The minimum Gasteiger partial charge on any atom is -0.383 e. The fourth-order valence-corrected chi connectivity index (χ4v) is 5.20. The maximum Gasteiger partial charge on any atom is 0.270 e. The van der Waals surface area contributed by atoms with Crippen LogP contribution in [0.1, 0.15) is 61.2 Å². The molecular formula is C19H22F3N3O3S2. The average Bonchev–Trinajstić information content (AvgIpc) is 3.27. The smallest absolute Gasteiger partial charge is 0.270 e. The third-order valence-corrected chi connectivity index (χ3v) is 7.83. The number of alkyl halides is 2. The van der Waals surface area contributed by atoms with Gasteiger partial charge in [0.05, 0.1) is 12.6 Å². The van der Waals surface area contributed by atoms with Gasteiger partial charge in [0, 0.05) is 12.5 Å². The number of hydrogen-bond donors (Lipinski definition) is 2. The standard InChI is InChI=1S/C19H22F3N3O3S2/c1-18(2,27)17-24-9-16(29-17)30(23,28)25-15(26)8-13-12(10-4-5-10)6-11(20)7-14(13)19(3,21)22/h6-7,9-10,27H,4-5,8H2,1-3H3,(H2,23,25,26,28). The fourth-order valence-electron chi connectivity index (χ4n) is 3.06. The van der Waals surface area contributed by atoms with E-state index in [1.807, 2.05) is 0 Å². The molecule has 1 aliphatic carbocycles. The fraction of sp³-hybridized carbons (Fsp3) is 0.474. The Kier molecular flexibility index (Phi) is 5.87. The van der Waals surface area contributed by atoms with Crippen molar-refractivity contribution in [2.75, 3.05) is 0 Å². The molecule has 164 valence electrons. The van der Waals surface area contributed by atoms with E-state index in [1.165, 1.54) is 13.8 Å². The Morgan fingerprint density at radius 3 is 2.50 bits per heavy atom. The summed E-state index contributed by atoms with van der Waals surface area (Å²) >= 11 is 0.845. The predicted molar refractivity (Wildman–Crippen MR) is 107 cm³/mol. The Bertz CT molecular complexity index is 1110. The highest BCUT2D eigenvalue weighted by Gasteiger charge is 2.35. The van der Waals surface area contributed by atoms with Crippen LogP contribution in [0.3, 0.4) is 0 Å². The molecule has 0 spiro atoms.